The molecule has 0 unspecified atom stereocenters. The van der Waals surface area contributed by atoms with E-state index in [-0.39, 0.29) is 5.78 Å². The number of rotatable bonds is 5. The Hall–Kier alpha value is -1.29. The van der Waals surface area contributed by atoms with Gasteiger partial charge in [0.2, 0.25) is 0 Å². The number of nitrogens with zero attached hydrogens (tertiary/aromatic N) is 2. The van der Waals surface area contributed by atoms with Crippen LogP contribution < -0.4 is 0 Å². The lowest BCUT2D eigenvalue weighted by Crippen LogP contribution is -2.49. The lowest BCUT2D eigenvalue weighted by atomic mass is 9.92. The highest BCUT2D eigenvalue weighted by molar-refractivity contribution is 6.02. The molecular weight excluding hydrogens is 219 g/mol. The molecule has 0 spiro atoms. The molecule has 94 valence electrons. The van der Waals surface area contributed by atoms with Crippen molar-refractivity contribution in [1.29, 1.82) is 0 Å². The second-order valence-electron chi connectivity index (χ2n) is 4.45. The third kappa shape index (κ3) is 2.88. The van der Waals surface area contributed by atoms with Crippen molar-refractivity contribution in [2.24, 2.45) is 0 Å². The van der Waals surface area contributed by atoms with Gasteiger partial charge in [-0.05, 0) is 33.0 Å². The molecule has 0 amide bonds. The predicted molar refractivity (Wildman–Crippen MR) is 65.5 cm³/mol. The first-order valence-electron chi connectivity index (χ1n) is 5.83. The Bertz CT molecular complexity index is 400. The van der Waals surface area contributed by atoms with Crippen LogP contribution in [-0.2, 0) is 0 Å². The minimum absolute atomic E-state index is 0.104. The monoisotopic (exact) mass is 238 g/mol. The highest BCUT2D eigenvalue weighted by atomic mass is 19.1. The van der Waals surface area contributed by atoms with Gasteiger partial charge in [-0.1, -0.05) is 13.8 Å². The fraction of sp³-hybridized carbons (Fsp3) is 0.538. The number of Topliss-reactive ketones (excluding diaryl/α,β-unsaturated/α-hetero) is 1. The summed E-state index contributed by atoms with van der Waals surface area (Å²) in [5, 5.41) is 0. The Labute approximate surface area is 102 Å². The summed E-state index contributed by atoms with van der Waals surface area (Å²) in [4.78, 5) is 18.1. The van der Waals surface area contributed by atoms with E-state index in [1.807, 2.05) is 32.6 Å². The molecule has 3 nitrogen and oxygen atoms in total. The van der Waals surface area contributed by atoms with Crippen molar-refractivity contribution in [3.63, 3.8) is 0 Å². The number of pyridine rings is 1. The number of ketones is 1. The van der Waals surface area contributed by atoms with Crippen molar-refractivity contribution in [1.82, 2.24) is 9.88 Å². The summed E-state index contributed by atoms with van der Waals surface area (Å²) in [6.45, 7) is 9.27. The van der Waals surface area contributed by atoms with Crippen LogP contribution in [0.15, 0.2) is 18.5 Å². The van der Waals surface area contributed by atoms with Gasteiger partial charge in [-0.2, -0.15) is 0 Å². The first-order valence-corrected chi connectivity index (χ1v) is 5.83. The van der Waals surface area contributed by atoms with Crippen molar-refractivity contribution < 1.29 is 9.18 Å². The summed E-state index contributed by atoms with van der Waals surface area (Å²) < 4.78 is 13.1. The van der Waals surface area contributed by atoms with E-state index in [4.69, 9.17) is 0 Å². The Kier molecular flexibility index (Phi) is 4.34. The number of hydrogen-bond donors (Lipinski definition) is 0. The zero-order chi connectivity index (χ0) is 13.1. The van der Waals surface area contributed by atoms with Crippen LogP contribution in [0.3, 0.4) is 0 Å². The molecule has 0 saturated carbocycles. The van der Waals surface area contributed by atoms with E-state index in [1.165, 1.54) is 12.3 Å². The third-order valence-corrected chi connectivity index (χ3v) is 3.08. The summed E-state index contributed by atoms with van der Waals surface area (Å²) in [6.07, 6.45) is 2.51. The van der Waals surface area contributed by atoms with Gasteiger partial charge >= 0.3 is 0 Å². The molecule has 0 N–H and O–H groups in total. The largest absolute Gasteiger partial charge is 0.292 e. The van der Waals surface area contributed by atoms with E-state index in [0.29, 0.717) is 5.56 Å². The van der Waals surface area contributed by atoms with Crippen LogP contribution in [0.5, 0.6) is 0 Å². The predicted octanol–water partition coefficient (Wildman–Crippen LogP) is 2.52. The van der Waals surface area contributed by atoms with Crippen LogP contribution in [0.25, 0.3) is 0 Å². The van der Waals surface area contributed by atoms with Crippen molar-refractivity contribution in [3.05, 3.63) is 29.8 Å². The molecule has 0 aliphatic rings. The van der Waals surface area contributed by atoms with Gasteiger partial charge in [-0.25, -0.2) is 4.39 Å². The van der Waals surface area contributed by atoms with Crippen molar-refractivity contribution in [2.45, 2.75) is 33.2 Å². The zero-order valence-corrected chi connectivity index (χ0v) is 10.8. The highest BCUT2D eigenvalue weighted by Gasteiger charge is 2.33. The molecule has 0 aliphatic heterocycles. The Morgan fingerprint density at radius 1 is 1.35 bits per heavy atom. The molecule has 1 rings (SSSR count). The van der Waals surface area contributed by atoms with Crippen LogP contribution in [-0.4, -0.2) is 34.3 Å². The molecule has 1 aromatic heterocycles. The SMILES string of the molecule is CCN(CC)C(C)(C)C(=O)c1cncc(F)c1. The van der Waals surface area contributed by atoms with Crippen LogP contribution in [0.4, 0.5) is 4.39 Å². The van der Waals surface area contributed by atoms with E-state index in [2.05, 4.69) is 4.98 Å². The minimum atomic E-state index is -0.640. The summed E-state index contributed by atoms with van der Waals surface area (Å²) in [7, 11) is 0. The average Bonchev–Trinajstić information content (AvgIpc) is 2.29. The standard InChI is InChI=1S/C13H19FN2O/c1-5-16(6-2)13(3,4)12(17)10-7-11(14)9-15-8-10/h7-9H,5-6H2,1-4H3. The van der Waals surface area contributed by atoms with Crippen LogP contribution in [0.2, 0.25) is 0 Å². The van der Waals surface area contributed by atoms with Crippen LogP contribution in [0.1, 0.15) is 38.1 Å². The molecule has 0 atom stereocenters. The molecule has 0 aliphatic carbocycles. The van der Waals surface area contributed by atoms with Crippen LogP contribution >= 0.6 is 0 Å². The Balaban J connectivity index is 3.03. The lowest BCUT2D eigenvalue weighted by molar-refractivity contribution is 0.0668. The second-order valence-corrected chi connectivity index (χ2v) is 4.45. The maximum Gasteiger partial charge on any atom is 0.184 e. The van der Waals surface area contributed by atoms with Crippen molar-refractivity contribution >= 4 is 5.78 Å². The molecule has 0 radical (unpaired) electrons. The van der Waals surface area contributed by atoms with Crippen molar-refractivity contribution in [2.75, 3.05) is 13.1 Å². The van der Waals surface area contributed by atoms with E-state index in [1.54, 1.807) is 0 Å². The van der Waals surface area contributed by atoms with Gasteiger partial charge in [0.15, 0.2) is 5.78 Å². The zero-order valence-electron chi connectivity index (χ0n) is 10.8. The number of likely N-dealkylation sites (N-methyl/N-ethyl adjacent to an activating group) is 1. The van der Waals surface area contributed by atoms with E-state index in [9.17, 15) is 9.18 Å². The van der Waals surface area contributed by atoms with Gasteiger partial charge < -0.3 is 0 Å². The van der Waals surface area contributed by atoms with E-state index >= 15 is 0 Å². The number of carbonyl (C=O) groups excluding carboxylic acids is 1. The van der Waals surface area contributed by atoms with Gasteiger partial charge in [0.1, 0.15) is 5.82 Å². The molecule has 17 heavy (non-hydrogen) atoms. The number of halogens is 1. The number of carbonyl (C=O) groups is 1. The Morgan fingerprint density at radius 3 is 2.41 bits per heavy atom. The normalized spacial score (nSPS) is 11.9. The molecule has 0 saturated heterocycles. The summed E-state index contributed by atoms with van der Waals surface area (Å²) in [5.74, 6) is -0.584. The molecule has 1 heterocycles. The van der Waals surface area contributed by atoms with Crippen LogP contribution in [0, 0.1) is 5.82 Å². The molecule has 0 aromatic carbocycles. The molecule has 0 fully saturated rings. The van der Waals surface area contributed by atoms with Crippen molar-refractivity contribution in [3.8, 4) is 0 Å². The quantitative estimate of drug-likeness (QED) is 0.739. The first-order chi connectivity index (χ1) is 7.93. The Morgan fingerprint density at radius 2 is 1.94 bits per heavy atom. The fourth-order valence-electron chi connectivity index (χ4n) is 2.05. The van der Waals surface area contributed by atoms with E-state index < -0.39 is 11.4 Å². The maximum atomic E-state index is 13.1. The highest BCUT2D eigenvalue weighted by Crippen LogP contribution is 2.20. The second kappa shape index (κ2) is 5.36. The maximum absolute atomic E-state index is 13.1. The third-order valence-electron chi connectivity index (χ3n) is 3.08. The molecule has 1 aromatic rings. The minimum Gasteiger partial charge on any atom is -0.292 e. The van der Waals surface area contributed by atoms with E-state index in [0.717, 1.165) is 19.3 Å². The first kappa shape index (κ1) is 13.8. The molecular formula is C13H19FN2O. The topological polar surface area (TPSA) is 33.2 Å². The van der Waals surface area contributed by atoms with Gasteiger partial charge in [0, 0.05) is 11.8 Å². The lowest BCUT2D eigenvalue weighted by Gasteiger charge is -2.35. The molecule has 0 bridgehead atoms. The smallest absolute Gasteiger partial charge is 0.184 e. The van der Waals surface area contributed by atoms with Gasteiger partial charge in [0.25, 0.3) is 0 Å². The van der Waals surface area contributed by atoms with Gasteiger partial charge in [-0.15, -0.1) is 0 Å². The number of aromatic nitrogens is 1. The summed E-state index contributed by atoms with van der Waals surface area (Å²) in [6, 6.07) is 1.24. The average molecular weight is 238 g/mol. The number of hydrogen-bond acceptors (Lipinski definition) is 3. The summed E-state index contributed by atoms with van der Waals surface area (Å²) in [5.41, 5.74) is -0.319. The van der Waals surface area contributed by atoms with Gasteiger partial charge in [-0.3, -0.25) is 14.7 Å². The molecule has 4 heteroatoms. The summed E-state index contributed by atoms with van der Waals surface area (Å²) >= 11 is 0. The van der Waals surface area contributed by atoms with Gasteiger partial charge in [0.05, 0.1) is 11.7 Å². The fourth-order valence-corrected chi connectivity index (χ4v) is 2.05.